The van der Waals surface area contributed by atoms with E-state index in [1.165, 1.54) is 34.4 Å². The van der Waals surface area contributed by atoms with Gasteiger partial charge in [-0.05, 0) is 34.1 Å². The van der Waals surface area contributed by atoms with E-state index < -0.39 is 5.91 Å². The number of rotatable bonds is 3. The lowest BCUT2D eigenvalue weighted by Crippen LogP contribution is -2.25. The predicted octanol–water partition coefficient (Wildman–Crippen LogP) is 3.19. The van der Waals surface area contributed by atoms with Crippen LogP contribution in [0.15, 0.2) is 34.1 Å². The average Bonchev–Trinajstić information content (AvgIpc) is 2.74. The van der Waals surface area contributed by atoms with Crippen molar-refractivity contribution in [2.24, 2.45) is 0 Å². The molecule has 0 spiro atoms. The molecule has 2 rings (SSSR count). The van der Waals surface area contributed by atoms with Crippen molar-refractivity contribution in [3.05, 3.63) is 44.6 Å². The summed E-state index contributed by atoms with van der Waals surface area (Å²) in [7, 11) is 1.63. The highest BCUT2D eigenvalue weighted by molar-refractivity contribution is 9.10. The molecule has 0 aliphatic rings. The standard InChI is InChI=1S/C13H12BrNO3S/c1-15(6-9-5-8(14)7-19-9)13(18)12-10(16)3-2-4-11(12)17/h2-5,7,16-17H,6H2,1H3. The zero-order valence-corrected chi connectivity index (χ0v) is 12.5. The van der Waals surface area contributed by atoms with Crippen LogP contribution in [0.5, 0.6) is 11.5 Å². The number of hydrogen-bond donors (Lipinski definition) is 2. The molecule has 19 heavy (non-hydrogen) atoms. The molecule has 0 fully saturated rings. The Bertz CT molecular complexity index is 591. The third kappa shape index (κ3) is 3.08. The van der Waals surface area contributed by atoms with Crippen molar-refractivity contribution in [2.45, 2.75) is 6.54 Å². The number of aromatic hydroxyl groups is 2. The number of benzene rings is 1. The molecular formula is C13H12BrNO3S. The van der Waals surface area contributed by atoms with Crippen molar-refractivity contribution in [1.82, 2.24) is 4.90 Å². The molecule has 100 valence electrons. The molecule has 0 atom stereocenters. The van der Waals surface area contributed by atoms with Crippen LogP contribution in [-0.2, 0) is 6.54 Å². The van der Waals surface area contributed by atoms with Gasteiger partial charge in [0, 0.05) is 21.8 Å². The maximum absolute atomic E-state index is 12.2. The molecule has 1 aromatic heterocycles. The van der Waals surface area contributed by atoms with E-state index in [4.69, 9.17) is 0 Å². The van der Waals surface area contributed by atoms with Gasteiger partial charge in [-0.1, -0.05) is 6.07 Å². The van der Waals surface area contributed by atoms with Gasteiger partial charge in [-0.15, -0.1) is 11.3 Å². The molecule has 0 unspecified atom stereocenters. The molecule has 1 amide bonds. The maximum atomic E-state index is 12.2. The number of thiophene rings is 1. The first kappa shape index (κ1) is 13.9. The fourth-order valence-corrected chi connectivity index (χ4v) is 3.18. The highest BCUT2D eigenvalue weighted by atomic mass is 79.9. The average molecular weight is 342 g/mol. The number of phenols is 2. The lowest BCUT2D eigenvalue weighted by Gasteiger charge is -2.17. The molecule has 0 saturated heterocycles. The second-order valence-electron chi connectivity index (χ2n) is 4.06. The quantitative estimate of drug-likeness (QED) is 0.901. The fraction of sp³-hybridized carbons (Fsp3) is 0.154. The van der Waals surface area contributed by atoms with Gasteiger partial charge in [0.1, 0.15) is 17.1 Å². The summed E-state index contributed by atoms with van der Waals surface area (Å²) in [4.78, 5) is 14.7. The van der Waals surface area contributed by atoms with E-state index in [-0.39, 0.29) is 17.1 Å². The molecule has 4 nitrogen and oxygen atoms in total. The summed E-state index contributed by atoms with van der Waals surface area (Å²) in [5, 5.41) is 21.3. The zero-order chi connectivity index (χ0) is 14.0. The number of nitrogens with zero attached hydrogens (tertiary/aromatic N) is 1. The first-order valence-electron chi connectivity index (χ1n) is 5.48. The van der Waals surface area contributed by atoms with E-state index in [9.17, 15) is 15.0 Å². The largest absolute Gasteiger partial charge is 0.507 e. The number of halogens is 1. The molecular weight excluding hydrogens is 330 g/mol. The monoisotopic (exact) mass is 341 g/mol. The summed E-state index contributed by atoms with van der Waals surface area (Å²) in [5.41, 5.74) is -0.0689. The smallest absolute Gasteiger partial charge is 0.261 e. The molecule has 6 heteroatoms. The van der Waals surface area contributed by atoms with Crippen LogP contribution in [0.1, 0.15) is 15.2 Å². The summed E-state index contributed by atoms with van der Waals surface area (Å²) < 4.78 is 0.971. The molecule has 1 heterocycles. The first-order valence-corrected chi connectivity index (χ1v) is 7.15. The number of carbonyl (C=O) groups is 1. The van der Waals surface area contributed by atoms with Crippen LogP contribution in [-0.4, -0.2) is 28.1 Å². The molecule has 1 aromatic carbocycles. The van der Waals surface area contributed by atoms with Crippen molar-refractivity contribution in [3.63, 3.8) is 0 Å². The Kier molecular flexibility index (Phi) is 4.11. The minimum atomic E-state index is -0.417. The number of hydrogen-bond acceptors (Lipinski definition) is 4. The second-order valence-corrected chi connectivity index (χ2v) is 5.98. The summed E-state index contributed by atoms with van der Waals surface area (Å²) >= 11 is 4.89. The summed E-state index contributed by atoms with van der Waals surface area (Å²) in [6.45, 7) is 0.420. The van der Waals surface area contributed by atoms with Gasteiger partial charge >= 0.3 is 0 Å². The Morgan fingerprint density at radius 2 is 2.00 bits per heavy atom. The topological polar surface area (TPSA) is 60.8 Å². The van der Waals surface area contributed by atoms with Crippen molar-refractivity contribution in [2.75, 3.05) is 7.05 Å². The van der Waals surface area contributed by atoms with Crippen LogP contribution in [0.3, 0.4) is 0 Å². The molecule has 0 bridgehead atoms. The number of carbonyl (C=O) groups excluding carboxylic acids is 1. The fourth-order valence-electron chi connectivity index (χ4n) is 1.68. The predicted molar refractivity (Wildman–Crippen MR) is 77.6 cm³/mol. The van der Waals surface area contributed by atoms with Gasteiger partial charge in [0.25, 0.3) is 5.91 Å². The van der Waals surface area contributed by atoms with Gasteiger partial charge < -0.3 is 15.1 Å². The lowest BCUT2D eigenvalue weighted by molar-refractivity contribution is 0.0780. The molecule has 2 aromatic rings. The van der Waals surface area contributed by atoms with Crippen LogP contribution >= 0.6 is 27.3 Å². The van der Waals surface area contributed by atoms with Crippen molar-refractivity contribution in [3.8, 4) is 11.5 Å². The normalized spacial score (nSPS) is 10.4. The SMILES string of the molecule is CN(Cc1cc(Br)cs1)C(=O)c1c(O)cccc1O. The summed E-state index contributed by atoms with van der Waals surface area (Å²) in [5.74, 6) is -0.853. The highest BCUT2D eigenvalue weighted by Crippen LogP contribution is 2.28. The molecule has 0 aliphatic heterocycles. The first-order chi connectivity index (χ1) is 8.99. The van der Waals surface area contributed by atoms with Gasteiger partial charge in [0.05, 0.1) is 6.54 Å². The summed E-state index contributed by atoms with van der Waals surface area (Å²) in [6, 6.07) is 6.17. The van der Waals surface area contributed by atoms with Crippen LogP contribution in [0, 0.1) is 0 Å². The Hall–Kier alpha value is -1.53. The van der Waals surface area contributed by atoms with E-state index in [2.05, 4.69) is 15.9 Å². The van der Waals surface area contributed by atoms with E-state index in [1.54, 1.807) is 7.05 Å². The number of amides is 1. The summed E-state index contributed by atoms with van der Waals surface area (Å²) in [6.07, 6.45) is 0. The van der Waals surface area contributed by atoms with Gasteiger partial charge in [-0.3, -0.25) is 4.79 Å². The molecule has 0 saturated carbocycles. The van der Waals surface area contributed by atoms with Crippen molar-refractivity contribution < 1.29 is 15.0 Å². The van der Waals surface area contributed by atoms with Crippen LogP contribution in [0.25, 0.3) is 0 Å². The maximum Gasteiger partial charge on any atom is 0.261 e. The number of phenolic OH excluding ortho intramolecular Hbond substituents is 2. The Labute approximate surface area is 123 Å². The molecule has 0 radical (unpaired) electrons. The van der Waals surface area contributed by atoms with Crippen LogP contribution < -0.4 is 0 Å². The zero-order valence-electron chi connectivity index (χ0n) is 10.1. The van der Waals surface area contributed by atoms with E-state index in [1.807, 2.05) is 11.4 Å². The third-order valence-corrected chi connectivity index (χ3v) is 4.28. The van der Waals surface area contributed by atoms with Gasteiger partial charge in [0.2, 0.25) is 0 Å². The van der Waals surface area contributed by atoms with Gasteiger partial charge in [-0.25, -0.2) is 0 Å². The second kappa shape index (κ2) is 5.63. The van der Waals surface area contributed by atoms with Gasteiger partial charge in [-0.2, -0.15) is 0 Å². The van der Waals surface area contributed by atoms with E-state index in [0.717, 1.165) is 9.35 Å². The van der Waals surface area contributed by atoms with Crippen molar-refractivity contribution in [1.29, 1.82) is 0 Å². The third-order valence-electron chi connectivity index (χ3n) is 2.60. The Balaban J connectivity index is 2.19. The van der Waals surface area contributed by atoms with Crippen LogP contribution in [0.2, 0.25) is 0 Å². The van der Waals surface area contributed by atoms with E-state index in [0.29, 0.717) is 6.54 Å². The lowest BCUT2D eigenvalue weighted by atomic mass is 10.1. The minimum Gasteiger partial charge on any atom is -0.507 e. The van der Waals surface area contributed by atoms with Crippen molar-refractivity contribution >= 4 is 33.2 Å². The molecule has 2 N–H and O–H groups in total. The van der Waals surface area contributed by atoms with E-state index >= 15 is 0 Å². The molecule has 0 aliphatic carbocycles. The Morgan fingerprint density at radius 3 is 2.53 bits per heavy atom. The minimum absolute atomic E-state index is 0.0689. The van der Waals surface area contributed by atoms with Gasteiger partial charge in [0.15, 0.2) is 0 Å². The highest BCUT2D eigenvalue weighted by Gasteiger charge is 2.20. The Morgan fingerprint density at radius 1 is 1.37 bits per heavy atom. The van der Waals surface area contributed by atoms with Crippen LogP contribution in [0.4, 0.5) is 0 Å².